The van der Waals surface area contributed by atoms with Crippen LogP contribution in [0.4, 0.5) is 36.2 Å². The minimum atomic E-state index is -4.54. The lowest BCUT2D eigenvalue weighted by Crippen LogP contribution is -2.44. The van der Waals surface area contributed by atoms with Crippen LogP contribution in [-0.4, -0.2) is 61.1 Å². The normalized spacial score (nSPS) is 13.6. The van der Waals surface area contributed by atoms with Crippen LogP contribution in [0, 0.1) is 6.92 Å². The van der Waals surface area contributed by atoms with Gasteiger partial charge in [-0.2, -0.15) is 18.2 Å². The second kappa shape index (κ2) is 14.2. The summed E-state index contributed by atoms with van der Waals surface area (Å²) in [4.78, 5) is 27.2. The zero-order chi connectivity index (χ0) is 34.5. The second-order valence-electron chi connectivity index (χ2n) is 11.7. The van der Waals surface area contributed by atoms with E-state index in [9.17, 15) is 18.0 Å². The number of carbonyl (C=O) groups is 1. The van der Waals surface area contributed by atoms with E-state index in [1.165, 1.54) is 12.1 Å². The monoisotopic (exact) mass is 668 g/mol. The fourth-order valence-corrected chi connectivity index (χ4v) is 5.48. The van der Waals surface area contributed by atoms with Gasteiger partial charge in [0.05, 0.1) is 18.2 Å². The Bertz CT molecular complexity index is 1940. The van der Waals surface area contributed by atoms with Gasteiger partial charge in [0, 0.05) is 55.0 Å². The van der Waals surface area contributed by atoms with Gasteiger partial charge in [0.2, 0.25) is 11.8 Å². The van der Waals surface area contributed by atoms with Gasteiger partial charge in [0.1, 0.15) is 0 Å². The van der Waals surface area contributed by atoms with E-state index in [2.05, 4.69) is 44.6 Å². The van der Waals surface area contributed by atoms with E-state index in [1.807, 2.05) is 31.2 Å². The molecule has 0 unspecified atom stereocenters. The molecule has 0 bridgehead atoms. The number of rotatable bonds is 9. The molecule has 4 aromatic carbocycles. The van der Waals surface area contributed by atoms with Gasteiger partial charge in [-0.15, -0.1) is 0 Å². The van der Waals surface area contributed by atoms with Crippen LogP contribution in [0.3, 0.4) is 0 Å². The predicted molar refractivity (Wildman–Crippen MR) is 184 cm³/mol. The van der Waals surface area contributed by atoms with Gasteiger partial charge in [-0.1, -0.05) is 24.3 Å². The van der Waals surface area contributed by atoms with E-state index in [0.717, 1.165) is 55.2 Å². The average molecular weight is 669 g/mol. The lowest BCUT2D eigenvalue weighted by Gasteiger charge is -2.34. The molecule has 1 aliphatic rings. The molecule has 0 saturated carbocycles. The molecule has 2 N–H and O–H groups in total. The lowest BCUT2D eigenvalue weighted by molar-refractivity contribution is -0.137. The molecule has 1 amide bonds. The number of anilines is 4. The van der Waals surface area contributed by atoms with Gasteiger partial charge < -0.3 is 29.9 Å². The Balaban J connectivity index is 1.30. The van der Waals surface area contributed by atoms with Gasteiger partial charge in [0.15, 0.2) is 11.5 Å². The number of aryl methyl sites for hydroxylation is 1. The van der Waals surface area contributed by atoms with Crippen molar-refractivity contribution in [3.05, 3.63) is 114 Å². The number of hydrogen-bond acceptors (Lipinski definition) is 8. The molecule has 1 aromatic heterocycles. The molecule has 1 aliphatic heterocycles. The molecule has 0 spiro atoms. The number of ether oxygens (including phenoxy) is 2. The summed E-state index contributed by atoms with van der Waals surface area (Å²) < 4.78 is 51.6. The predicted octanol–water partition coefficient (Wildman–Crippen LogP) is 8.02. The highest BCUT2D eigenvalue weighted by atomic mass is 19.4. The van der Waals surface area contributed by atoms with Crippen LogP contribution in [0.5, 0.6) is 17.4 Å². The number of methoxy groups -OCH3 is 1. The summed E-state index contributed by atoms with van der Waals surface area (Å²) in [7, 11) is 3.67. The number of benzene rings is 4. The van der Waals surface area contributed by atoms with E-state index in [0.29, 0.717) is 22.6 Å². The molecule has 0 radical (unpaired) electrons. The largest absolute Gasteiger partial charge is 0.493 e. The third-order valence-corrected chi connectivity index (χ3v) is 8.26. The summed E-state index contributed by atoms with van der Waals surface area (Å²) in [6.45, 7) is 5.82. The Labute approximate surface area is 282 Å². The number of amides is 1. The molecule has 2 heterocycles. The molecule has 252 valence electrons. The summed E-state index contributed by atoms with van der Waals surface area (Å²) in [6, 6.07) is 24.7. The van der Waals surface area contributed by atoms with Gasteiger partial charge >= 0.3 is 6.18 Å². The van der Waals surface area contributed by atoms with E-state index in [1.54, 1.807) is 43.6 Å². The van der Waals surface area contributed by atoms with Crippen molar-refractivity contribution >= 4 is 28.9 Å². The number of nitrogens with one attached hydrogen (secondary N) is 2. The molecule has 0 atom stereocenters. The van der Waals surface area contributed by atoms with Crippen molar-refractivity contribution in [1.29, 1.82) is 0 Å². The Morgan fingerprint density at radius 1 is 0.837 bits per heavy atom. The molecule has 49 heavy (non-hydrogen) atoms. The van der Waals surface area contributed by atoms with Crippen molar-refractivity contribution in [1.82, 2.24) is 14.9 Å². The van der Waals surface area contributed by atoms with E-state index in [4.69, 9.17) is 14.5 Å². The molecular formula is C37H35F3N6O3. The van der Waals surface area contributed by atoms with Crippen molar-refractivity contribution in [2.45, 2.75) is 13.1 Å². The van der Waals surface area contributed by atoms with Crippen LogP contribution in [-0.2, 0) is 6.18 Å². The number of hydrogen-bond donors (Lipinski definition) is 2. The number of alkyl halides is 3. The highest BCUT2D eigenvalue weighted by Gasteiger charge is 2.30. The maximum atomic E-state index is 13.3. The molecule has 1 fully saturated rings. The molecule has 6 rings (SSSR count). The summed E-state index contributed by atoms with van der Waals surface area (Å²) in [6.07, 6.45) is -2.93. The molecule has 5 aromatic rings. The Hall–Kier alpha value is -5.62. The van der Waals surface area contributed by atoms with E-state index in [-0.39, 0.29) is 23.1 Å². The van der Waals surface area contributed by atoms with Crippen molar-refractivity contribution in [3.8, 4) is 28.5 Å². The number of halogens is 3. The quantitative estimate of drug-likeness (QED) is 0.163. The van der Waals surface area contributed by atoms with Crippen LogP contribution in [0.15, 0.2) is 97.2 Å². The van der Waals surface area contributed by atoms with Crippen molar-refractivity contribution in [2.24, 2.45) is 0 Å². The van der Waals surface area contributed by atoms with Crippen LogP contribution < -0.4 is 25.0 Å². The van der Waals surface area contributed by atoms with Crippen molar-refractivity contribution in [2.75, 3.05) is 55.9 Å². The van der Waals surface area contributed by atoms with Crippen LogP contribution in [0.1, 0.15) is 21.5 Å². The van der Waals surface area contributed by atoms with Crippen molar-refractivity contribution < 1.29 is 27.4 Å². The fourth-order valence-electron chi connectivity index (χ4n) is 5.48. The summed E-state index contributed by atoms with van der Waals surface area (Å²) in [5, 5.41) is 5.83. The van der Waals surface area contributed by atoms with Crippen LogP contribution in [0.2, 0.25) is 0 Å². The minimum Gasteiger partial charge on any atom is -0.493 e. The van der Waals surface area contributed by atoms with E-state index >= 15 is 0 Å². The highest BCUT2D eigenvalue weighted by Crippen LogP contribution is 2.38. The highest BCUT2D eigenvalue weighted by molar-refractivity contribution is 6.05. The van der Waals surface area contributed by atoms with Gasteiger partial charge in [-0.05, 0) is 91.8 Å². The van der Waals surface area contributed by atoms with Gasteiger partial charge in [-0.3, -0.25) is 4.79 Å². The number of nitrogens with zero attached hydrogens (tertiary/aromatic N) is 4. The number of aromatic nitrogens is 2. The molecule has 0 aliphatic carbocycles. The number of likely N-dealkylation sites (N-methyl/N-ethyl adjacent to an activating group) is 1. The second-order valence-corrected chi connectivity index (χ2v) is 11.7. The van der Waals surface area contributed by atoms with Gasteiger partial charge in [-0.25, -0.2) is 4.98 Å². The first kappa shape index (κ1) is 33.3. The van der Waals surface area contributed by atoms with E-state index < -0.39 is 17.6 Å². The zero-order valence-corrected chi connectivity index (χ0v) is 27.2. The standard InChI is InChI=1S/C37H35F3N6O3/c1-24-11-12-25(34(47)42-28-8-6-7-26(22-28)37(38,39)40)21-30(24)31-23-41-36(44-35(31)49-33-10-5-4-9-32(33)48-3)43-27-13-15-29(16-14-27)46-19-17-45(2)18-20-46/h4-16,21-23H,17-20H2,1-3H3,(H,42,47)(H,41,43,44). The van der Waals surface area contributed by atoms with Gasteiger partial charge in [0.25, 0.3) is 5.91 Å². The van der Waals surface area contributed by atoms with Crippen LogP contribution in [0.25, 0.3) is 11.1 Å². The zero-order valence-electron chi connectivity index (χ0n) is 27.2. The third-order valence-electron chi connectivity index (χ3n) is 8.26. The fraction of sp³-hybridized carbons (Fsp3) is 0.216. The summed E-state index contributed by atoms with van der Waals surface area (Å²) in [5.41, 5.74) is 3.22. The maximum absolute atomic E-state index is 13.3. The minimum absolute atomic E-state index is 0.0254. The number of para-hydroxylation sites is 2. The van der Waals surface area contributed by atoms with Crippen molar-refractivity contribution in [3.63, 3.8) is 0 Å². The Morgan fingerprint density at radius 2 is 1.57 bits per heavy atom. The summed E-state index contributed by atoms with van der Waals surface area (Å²) in [5.74, 6) is 0.828. The average Bonchev–Trinajstić information content (AvgIpc) is 3.09. The number of piperazine rings is 1. The first-order valence-corrected chi connectivity index (χ1v) is 15.7. The maximum Gasteiger partial charge on any atom is 0.416 e. The molecular weight excluding hydrogens is 633 g/mol. The van der Waals surface area contributed by atoms with Crippen LogP contribution >= 0.6 is 0 Å². The smallest absolute Gasteiger partial charge is 0.416 e. The molecule has 1 saturated heterocycles. The summed E-state index contributed by atoms with van der Waals surface area (Å²) >= 11 is 0. The lowest BCUT2D eigenvalue weighted by atomic mass is 9.99. The topological polar surface area (TPSA) is 91.9 Å². The number of carbonyl (C=O) groups excluding carboxylic acids is 1. The first-order valence-electron chi connectivity index (χ1n) is 15.7. The first-order chi connectivity index (χ1) is 23.6. The molecule has 9 nitrogen and oxygen atoms in total. The third kappa shape index (κ3) is 7.92. The Kier molecular flexibility index (Phi) is 9.68. The molecule has 12 heteroatoms. The SMILES string of the molecule is COc1ccccc1Oc1nc(Nc2ccc(N3CCN(C)CC3)cc2)ncc1-c1cc(C(=O)Nc2cccc(C(F)(F)F)c2)ccc1C. The Morgan fingerprint density at radius 3 is 2.29 bits per heavy atom.